The van der Waals surface area contributed by atoms with Crippen LogP contribution in [-0.4, -0.2) is 76.6 Å². The Hall–Kier alpha value is -1.84. The maximum absolute atomic E-state index is 13.1. The van der Waals surface area contributed by atoms with Gasteiger partial charge in [-0.3, -0.25) is 4.79 Å². The zero-order valence-corrected chi connectivity index (χ0v) is 18.8. The van der Waals surface area contributed by atoms with Crippen LogP contribution in [0.15, 0.2) is 23.1 Å². The predicted octanol–water partition coefficient (Wildman–Crippen LogP) is 2.13. The molecule has 0 aromatic heterocycles. The summed E-state index contributed by atoms with van der Waals surface area (Å²) < 4.78 is 43.7. The highest BCUT2D eigenvalue weighted by Gasteiger charge is 2.35. The van der Waals surface area contributed by atoms with Crippen molar-refractivity contribution in [1.29, 1.82) is 0 Å². The van der Waals surface area contributed by atoms with Crippen molar-refractivity contribution in [3.8, 4) is 11.5 Å². The number of benzene rings is 1. The molecule has 2 aliphatic heterocycles. The van der Waals surface area contributed by atoms with Crippen LogP contribution in [0.5, 0.6) is 11.5 Å². The van der Waals surface area contributed by atoms with Crippen molar-refractivity contribution in [3.63, 3.8) is 0 Å². The minimum atomic E-state index is -3.66. The number of carbonyl (C=O) groups is 1. The van der Waals surface area contributed by atoms with Crippen LogP contribution in [0.2, 0.25) is 0 Å². The lowest BCUT2D eigenvalue weighted by Gasteiger charge is -2.37. The lowest BCUT2D eigenvalue weighted by molar-refractivity contribution is -0.140. The van der Waals surface area contributed by atoms with Crippen molar-refractivity contribution in [1.82, 2.24) is 9.21 Å². The molecule has 2 aliphatic rings. The Kier molecular flexibility index (Phi) is 7.60. The van der Waals surface area contributed by atoms with Crippen LogP contribution in [0.4, 0.5) is 0 Å². The van der Waals surface area contributed by atoms with Gasteiger partial charge in [0.05, 0.1) is 25.2 Å². The molecular weight excluding hydrogens is 408 g/mol. The van der Waals surface area contributed by atoms with Gasteiger partial charge < -0.3 is 19.1 Å². The second kappa shape index (κ2) is 9.98. The number of methoxy groups -OCH3 is 2. The smallest absolute Gasteiger partial charge is 0.243 e. The monoisotopic (exact) mass is 440 g/mol. The van der Waals surface area contributed by atoms with Crippen molar-refractivity contribution in [3.05, 3.63) is 18.2 Å². The van der Waals surface area contributed by atoms with Gasteiger partial charge in [0.25, 0.3) is 0 Å². The van der Waals surface area contributed by atoms with Crippen LogP contribution < -0.4 is 9.47 Å². The number of rotatable bonds is 7. The fraction of sp³-hybridized carbons (Fsp3) is 0.667. The molecule has 2 heterocycles. The van der Waals surface area contributed by atoms with E-state index >= 15 is 0 Å². The molecule has 8 nitrogen and oxygen atoms in total. The summed E-state index contributed by atoms with van der Waals surface area (Å²) in [6, 6.07) is 4.59. The Morgan fingerprint density at radius 2 is 1.77 bits per heavy atom. The van der Waals surface area contributed by atoms with Crippen molar-refractivity contribution in [2.45, 2.75) is 43.6 Å². The molecule has 1 amide bonds. The zero-order valence-electron chi connectivity index (χ0n) is 18.0. The van der Waals surface area contributed by atoms with E-state index in [1.54, 1.807) is 6.07 Å². The number of ether oxygens (including phenoxy) is 3. The minimum absolute atomic E-state index is 0.109. The highest BCUT2D eigenvalue weighted by molar-refractivity contribution is 7.89. The lowest BCUT2D eigenvalue weighted by Crippen LogP contribution is -2.48. The number of piperidine rings is 2. The van der Waals surface area contributed by atoms with Crippen LogP contribution in [0.25, 0.3) is 0 Å². The molecule has 1 aromatic rings. The molecule has 30 heavy (non-hydrogen) atoms. The van der Waals surface area contributed by atoms with E-state index in [0.29, 0.717) is 50.6 Å². The summed E-state index contributed by atoms with van der Waals surface area (Å²) in [5, 5.41) is 0. The van der Waals surface area contributed by atoms with Gasteiger partial charge in [-0.1, -0.05) is 0 Å². The van der Waals surface area contributed by atoms with Crippen LogP contribution in [0.3, 0.4) is 0 Å². The quantitative estimate of drug-likeness (QED) is 0.646. The first kappa shape index (κ1) is 22.8. The fourth-order valence-electron chi connectivity index (χ4n) is 4.24. The van der Waals surface area contributed by atoms with Crippen LogP contribution in [0, 0.1) is 5.92 Å². The first-order valence-electron chi connectivity index (χ1n) is 10.5. The first-order chi connectivity index (χ1) is 14.4. The average molecular weight is 441 g/mol. The van der Waals surface area contributed by atoms with Crippen LogP contribution in [-0.2, 0) is 19.6 Å². The maximum Gasteiger partial charge on any atom is 0.243 e. The van der Waals surface area contributed by atoms with Gasteiger partial charge in [0.15, 0.2) is 11.5 Å². The van der Waals surface area contributed by atoms with Gasteiger partial charge in [0.1, 0.15) is 0 Å². The third kappa shape index (κ3) is 4.90. The largest absolute Gasteiger partial charge is 0.493 e. The Morgan fingerprint density at radius 3 is 2.40 bits per heavy atom. The highest BCUT2D eigenvalue weighted by atomic mass is 32.2. The number of hydrogen-bond donors (Lipinski definition) is 0. The molecule has 0 aliphatic carbocycles. The normalized spacial score (nSPS) is 21.4. The number of amides is 1. The molecule has 0 N–H and O–H groups in total. The van der Waals surface area contributed by atoms with Crippen molar-refractivity contribution in [2.24, 2.45) is 5.92 Å². The van der Waals surface area contributed by atoms with E-state index in [0.717, 1.165) is 19.4 Å². The van der Waals surface area contributed by atoms with E-state index in [1.807, 2.05) is 11.8 Å². The molecule has 0 radical (unpaired) electrons. The Morgan fingerprint density at radius 1 is 1.07 bits per heavy atom. The van der Waals surface area contributed by atoms with E-state index in [4.69, 9.17) is 14.2 Å². The summed E-state index contributed by atoms with van der Waals surface area (Å²) >= 11 is 0. The van der Waals surface area contributed by atoms with Gasteiger partial charge in [-0.2, -0.15) is 4.31 Å². The molecule has 0 spiro atoms. The Labute approximate surface area is 179 Å². The summed E-state index contributed by atoms with van der Waals surface area (Å²) in [7, 11) is -0.676. The summed E-state index contributed by atoms with van der Waals surface area (Å²) in [5.41, 5.74) is 0. The van der Waals surface area contributed by atoms with Crippen LogP contribution in [0.1, 0.15) is 32.6 Å². The summed E-state index contributed by atoms with van der Waals surface area (Å²) in [4.78, 5) is 15.0. The SMILES string of the molecule is CCOC1CCCN(C(=O)C2CCN(S(=O)(=O)c3ccc(OC)c(OC)c3)CC2)C1. The predicted molar refractivity (Wildman–Crippen MR) is 112 cm³/mol. The average Bonchev–Trinajstić information content (AvgIpc) is 2.78. The number of sulfonamides is 1. The highest BCUT2D eigenvalue weighted by Crippen LogP contribution is 2.32. The molecule has 2 fully saturated rings. The number of hydrogen-bond acceptors (Lipinski definition) is 6. The maximum atomic E-state index is 13.1. The molecule has 0 saturated carbocycles. The molecule has 9 heteroatoms. The summed E-state index contributed by atoms with van der Waals surface area (Å²) in [5.74, 6) is 0.843. The fourth-order valence-corrected chi connectivity index (χ4v) is 5.72. The molecule has 1 aromatic carbocycles. The first-order valence-corrected chi connectivity index (χ1v) is 12.0. The third-order valence-electron chi connectivity index (χ3n) is 5.89. The van der Waals surface area contributed by atoms with Crippen LogP contribution >= 0.6 is 0 Å². The molecule has 168 valence electrons. The second-order valence-corrected chi connectivity index (χ2v) is 9.64. The number of likely N-dealkylation sites (tertiary alicyclic amines) is 1. The van der Waals surface area contributed by atoms with Crippen molar-refractivity contribution >= 4 is 15.9 Å². The number of carbonyl (C=O) groups excluding carboxylic acids is 1. The standard InChI is InChI=1S/C21H32N2O6S/c1-4-29-17-6-5-11-22(15-17)21(24)16-9-12-23(13-10-16)30(25,26)18-7-8-19(27-2)20(14-18)28-3/h7-8,14,16-17H,4-6,9-13,15H2,1-3H3. The van der Waals surface area contributed by atoms with Crippen molar-refractivity contribution < 1.29 is 27.4 Å². The molecule has 0 bridgehead atoms. The van der Waals surface area contributed by atoms with E-state index in [9.17, 15) is 13.2 Å². The lowest BCUT2D eigenvalue weighted by atomic mass is 9.95. The van der Waals surface area contributed by atoms with E-state index in [1.165, 1.54) is 30.7 Å². The molecule has 3 rings (SSSR count). The van der Waals surface area contributed by atoms with E-state index in [2.05, 4.69) is 0 Å². The second-order valence-electron chi connectivity index (χ2n) is 7.70. The minimum Gasteiger partial charge on any atom is -0.493 e. The van der Waals surface area contributed by atoms with Gasteiger partial charge in [-0.15, -0.1) is 0 Å². The van der Waals surface area contributed by atoms with E-state index in [-0.39, 0.29) is 22.8 Å². The Balaban J connectivity index is 1.62. The topological polar surface area (TPSA) is 85.4 Å². The third-order valence-corrected chi connectivity index (χ3v) is 7.78. The van der Waals surface area contributed by atoms with Gasteiger partial charge in [-0.05, 0) is 44.7 Å². The molecular formula is C21H32N2O6S. The molecule has 1 unspecified atom stereocenters. The summed E-state index contributed by atoms with van der Waals surface area (Å²) in [6.45, 7) is 4.67. The summed E-state index contributed by atoms with van der Waals surface area (Å²) in [6.07, 6.45) is 3.10. The van der Waals surface area contributed by atoms with Crippen molar-refractivity contribution in [2.75, 3.05) is 47.0 Å². The number of nitrogens with zero attached hydrogens (tertiary/aromatic N) is 2. The zero-order chi connectivity index (χ0) is 21.7. The van der Waals surface area contributed by atoms with Gasteiger partial charge in [0, 0.05) is 44.8 Å². The van der Waals surface area contributed by atoms with Gasteiger partial charge >= 0.3 is 0 Å². The Bertz CT molecular complexity index is 834. The molecule has 2 saturated heterocycles. The van der Waals surface area contributed by atoms with Gasteiger partial charge in [0.2, 0.25) is 15.9 Å². The van der Waals surface area contributed by atoms with Gasteiger partial charge in [-0.25, -0.2) is 8.42 Å². The van der Waals surface area contributed by atoms with E-state index < -0.39 is 10.0 Å². The molecule has 1 atom stereocenters.